The molecule has 11 N–H and O–H groups in total. The number of aromatic amines is 1. The predicted octanol–water partition coefficient (Wildman–Crippen LogP) is 0.137. The van der Waals surface area contributed by atoms with Crippen LogP contribution in [0.3, 0.4) is 0 Å². The number of aromatic nitrogens is 1. The summed E-state index contributed by atoms with van der Waals surface area (Å²) >= 11 is 2.99. The molecule has 0 aliphatic rings. The van der Waals surface area contributed by atoms with Gasteiger partial charge in [0.15, 0.2) is 5.96 Å². The Morgan fingerprint density at radius 2 is 1.48 bits per heavy atom. The first kappa shape index (κ1) is 34.8. The minimum Gasteiger partial charge on any atom is -0.480 e. The summed E-state index contributed by atoms with van der Waals surface area (Å²) < 4.78 is 0. The largest absolute Gasteiger partial charge is 0.480 e. The molecule has 4 unspecified atom stereocenters. The van der Waals surface area contributed by atoms with E-state index in [1.807, 2.05) is 43.0 Å². The Balaban J connectivity index is 2.08. The number of nitrogens with two attached hydrogens (primary N) is 3. The van der Waals surface area contributed by atoms with Crippen molar-refractivity contribution < 1.29 is 24.3 Å². The van der Waals surface area contributed by atoms with Crippen LogP contribution in [-0.4, -0.2) is 94.5 Å². The molecule has 1 heterocycles. The van der Waals surface area contributed by atoms with Crippen LogP contribution in [0.25, 0.3) is 10.9 Å². The minimum atomic E-state index is -1.21. The number of para-hydroxylation sites is 1. The third-order valence-corrected chi connectivity index (χ3v) is 7.79. The number of hydrogen-bond acceptors (Lipinski definition) is 8. The average molecular weight is 623 g/mol. The molecule has 3 amide bonds. The Morgan fingerprint density at radius 1 is 0.905 bits per heavy atom. The van der Waals surface area contributed by atoms with Gasteiger partial charge in [-0.25, -0.2) is 4.79 Å². The van der Waals surface area contributed by atoms with Crippen molar-refractivity contribution in [3.05, 3.63) is 36.0 Å². The van der Waals surface area contributed by atoms with E-state index in [1.54, 1.807) is 0 Å². The molecule has 0 fully saturated rings. The smallest absolute Gasteiger partial charge is 0.326 e. The third kappa shape index (κ3) is 11.4. The highest BCUT2D eigenvalue weighted by Gasteiger charge is 2.30. The summed E-state index contributed by atoms with van der Waals surface area (Å²) in [7, 11) is 0. The zero-order valence-corrected chi connectivity index (χ0v) is 25.6. The molecule has 1 aromatic heterocycles. The molecule has 0 saturated heterocycles. The van der Waals surface area contributed by atoms with Crippen molar-refractivity contribution in [2.45, 2.75) is 56.3 Å². The van der Waals surface area contributed by atoms with Crippen molar-refractivity contribution in [2.75, 3.05) is 30.6 Å². The van der Waals surface area contributed by atoms with E-state index in [9.17, 15) is 24.3 Å². The van der Waals surface area contributed by atoms with Gasteiger partial charge in [-0.05, 0) is 67.8 Å². The quantitative estimate of drug-likeness (QED) is 0.0600. The number of carbonyl (C=O) groups excluding carboxylic acids is 3. The maximum absolute atomic E-state index is 13.3. The number of carboxylic acid groups (broad SMARTS) is 1. The van der Waals surface area contributed by atoms with E-state index in [2.05, 4.69) is 25.9 Å². The highest BCUT2D eigenvalue weighted by atomic mass is 32.2. The third-order valence-electron chi connectivity index (χ3n) is 6.50. The number of nitrogens with one attached hydrogen (secondary N) is 4. The summed E-state index contributed by atoms with van der Waals surface area (Å²) in [6, 6.07) is 3.67. The number of rotatable bonds is 19. The van der Waals surface area contributed by atoms with E-state index in [1.165, 1.54) is 23.5 Å². The number of fused-ring (bicyclic) bond motifs is 1. The number of nitrogens with zero attached hydrogens (tertiary/aromatic N) is 1. The van der Waals surface area contributed by atoms with E-state index in [0.717, 1.165) is 16.5 Å². The average Bonchev–Trinajstić information content (AvgIpc) is 3.36. The summed E-state index contributed by atoms with van der Waals surface area (Å²) in [5.41, 5.74) is 18.7. The molecule has 2 rings (SSSR count). The van der Waals surface area contributed by atoms with Crippen LogP contribution in [-0.2, 0) is 25.6 Å². The van der Waals surface area contributed by atoms with E-state index in [-0.39, 0.29) is 31.8 Å². The number of H-pyrrole nitrogens is 1. The molecule has 0 aliphatic carbocycles. The summed E-state index contributed by atoms with van der Waals surface area (Å²) in [5.74, 6) is -1.86. The summed E-state index contributed by atoms with van der Waals surface area (Å²) in [4.78, 5) is 58.3. The molecule has 1 aromatic carbocycles. The molecule has 2 aromatic rings. The number of guanidine groups is 1. The number of carbonyl (C=O) groups is 4. The summed E-state index contributed by atoms with van der Waals surface area (Å²) in [5, 5.41) is 18.6. The maximum atomic E-state index is 13.3. The summed E-state index contributed by atoms with van der Waals surface area (Å²) in [6.45, 7) is 0.216. The maximum Gasteiger partial charge on any atom is 0.326 e. The SMILES string of the molecule is CSCCC(NC(=O)C(N)Cc1c[nH]c2ccccc12)C(=O)NC(CCSC)C(=O)NC(CCCN=C(N)N)C(=O)O. The standard InChI is InChI=1S/C27H42N8O5S2/c1-41-12-9-20(33-23(36)18(28)14-16-15-32-19-7-4-3-6-17(16)19)24(37)34-21(10-13-42-2)25(38)35-22(26(39)40)8-5-11-31-27(29)30/h3-4,6-7,15,18,20-22,32H,5,8-14,28H2,1-2H3,(H,33,36)(H,34,37)(H,35,38)(H,39,40)(H4,29,30,31). The van der Waals surface area contributed by atoms with Crippen LogP contribution in [0.2, 0.25) is 0 Å². The topological polar surface area (TPSA) is 231 Å². The van der Waals surface area contributed by atoms with E-state index in [0.29, 0.717) is 24.3 Å². The first-order chi connectivity index (χ1) is 20.1. The van der Waals surface area contributed by atoms with Gasteiger partial charge in [-0.2, -0.15) is 23.5 Å². The van der Waals surface area contributed by atoms with Crippen LogP contribution in [0.5, 0.6) is 0 Å². The van der Waals surface area contributed by atoms with Crippen LogP contribution in [0.15, 0.2) is 35.5 Å². The monoisotopic (exact) mass is 622 g/mol. The fourth-order valence-corrected chi connectivity index (χ4v) is 5.17. The number of hydrogen-bond donors (Lipinski definition) is 8. The second-order valence-corrected chi connectivity index (χ2v) is 11.7. The highest BCUT2D eigenvalue weighted by molar-refractivity contribution is 7.98. The lowest BCUT2D eigenvalue weighted by molar-refractivity contribution is -0.142. The van der Waals surface area contributed by atoms with Gasteiger partial charge >= 0.3 is 5.97 Å². The van der Waals surface area contributed by atoms with Crippen molar-refractivity contribution in [1.82, 2.24) is 20.9 Å². The number of thioether (sulfide) groups is 2. The van der Waals surface area contributed by atoms with Gasteiger partial charge in [-0.1, -0.05) is 18.2 Å². The Kier molecular flexibility index (Phi) is 15.1. The zero-order valence-electron chi connectivity index (χ0n) is 23.9. The van der Waals surface area contributed by atoms with E-state index in [4.69, 9.17) is 17.2 Å². The molecule has 42 heavy (non-hydrogen) atoms. The Bertz CT molecular complexity index is 1220. The number of carboxylic acids is 1. The second kappa shape index (κ2) is 18.2. The lowest BCUT2D eigenvalue weighted by Crippen LogP contribution is -2.57. The van der Waals surface area contributed by atoms with Crippen molar-refractivity contribution in [2.24, 2.45) is 22.2 Å². The van der Waals surface area contributed by atoms with Crippen molar-refractivity contribution in [1.29, 1.82) is 0 Å². The molecule has 4 atom stereocenters. The lowest BCUT2D eigenvalue weighted by atomic mass is 10.0. The Morgan fingerprint density at radius 3 is 2.05 bits per heavy atom. The number of amides is 3. The van der Waals surface area contributed by atoms with Crippen molar-refractivity contribution in [3.63, 3.8) is 0 Å². The van der Waals surface area contributed by atoms with Crippen molar-refractivity contribution >= 4 is 64.1 Å². The number of aliphatic imine (C=N–C) groups is 1. The minimum absolute atomic E-state index is 0.0990. The molecule has 232 valence electrons. The van der Waals surface area contributed by atoms with Gasteiger partial charge in [-0.3, -0.25) is 19.4 Å². The molecule has 0 radical (unpaired) electrons. The first-order valence-corrected chi connectivity index (χ1v) is 16.3. The normalized spacial score (nSPS) is 13.9. The van der Waals surface area contributed by atoms with Gasteiger partial charge in [0, 0.05) is 23.6 Å². The molecule has 0 saturated carbocycles. The lowest BCUT2D eigenvalue weighted by Gasteiger charge is -2.25. The van der Waals surface area contributed by atoms with Crippen molar-refractivity contribution in [3.8, 4) is 0 Å². The van der Waals surface area contributed by atoms with Crippen LogP contribution in [0.4, 0.5) is 0 Å². The van der Waals surface area contributed by atoms with Crippen LogP contribution < -0.4 is 33.2 Å². The highest BCUT2D eigenvalue weighted by Crippen LogP contribution is 2.19. The Labute approximate surface area is 254 Å². The van der Waals surface area contributed by atoms with Gasteiger partial charge < -0.3 is 43.2 Å². The number of benzene rings is 1. The second-order valence-electron chi connectivity index (χ2n) is 9.70. The predicted molar refractivity (Wildman–Crippen MR) is 169 cm³/mol. The van der Waals surface area contributed by atoms with Crippen LogP contribution in [0.1, 0.15) is 31.2 Å². The molecular formula is C27H42N8O5S2. The molecule has 0 aliphatic heterocycles. The van der Waals surface area contributed by atoms with Gasteiger partial charge in [-0.15, -0.1) is 0 Å². The summed E-state index contributed by atoms with van der Waals surface area (Å²) in [6.07, 6.45) is 6.84. The number of aliphatic carboxylic acids is 1. The molecule has 0 bridgehead atoms. The van der Waals surface area contributed by atoms with E-state index >= 15 is 0 Å². The molecule has 13 nitrogen and oxygen atoms in total. The fraction of sp³-hybridized carbons (Fsp3) is 0.519. The molecule has 15 heteroatoms. The van der Waals surface area contributed by atoms with Crippen LogP contribution in [0, 0.1) is 0 Å². The fourth-order valence-electron chi connectivity index (χ4n) is 4.22. The van der Waals surface area contributed by atoms with E-state index < -0.39 is 47.9 Å². The molecular weight excluding hydrogens is 580 g/mol. The van der Waals surface area contributed by atoms with Gasteiger partial charge in [0.25, 0.3) is 0 Å². The molecule has 0 spiro atoms. The van der Waals surface area contributed by atoms with Gasteiger partial charge in [0.2, 0.25) is 17.7 Å². The zero-order chi connectivity index (χ0) is 31.1. The van der Waals surface area contributed by atoms with Gasteiger partial charge in [0.1, 0.15) is 18.1 Å². The Hall–Kier alpha value is -3.43. The van der Waals surface area contributed by atoms with Crippen LogP contribution >= 0.6 is 23.5 Å². The first-order valence-electron chi connectivity index (χ1n) is 13.5. The van der Waals surface area contributed by atoms with Gasteiger partial charge in [0.05, 0.1) is 6.04 Å².